The number of nitrogen functional groups attached to an aromatic ring is 1. The van der Waals surface area contributed by atoms with Gasteiger partial charge in [0.1, 0.15) is 10.7 Å². The van der Waals surface area contributed by atoms with Crippen LogP contribution in [-0.2, 0) is 11.2 Å². The predicted molar refractivity (Wildman–Crippen MR) is 112 cm³/mol. The lowest BCUT2D eigenvalue weighted by atomic mass is 9.85. The number of carboxylic acid groups (broad SMARTS) is 1. The van der Waals surface area contributed by atoms with Gasteiger partial charge in [-0.05, 0) is 42.2 Å². The van der Waals surface area contributed by atoms with Crippen LogP contribution in [0.2, 0.25) is 0 Å². The Hall–Kier alpha value is -2.78. The highest BCUT2D eigenvalue weighted by Crippen LogP contribution is 2.31. The lowest BCUT2D eigenvalue weighted by Crippen LogP contribution is -2.53. The number of carbonyl (C=O) groups is 2. The number of nitrogens with zero attached hydrogens (tertiary/aromatic N) is 1. The predicted octanol–water partition coefficient (Wildman–Crippen LogP) is 2.98. The molecule has 0 bridgehead atoms. The Morgan fingerprint density at radius 3 is 2.63 bits per heavy atom. The van der Waals surface area contributed by atoms with Crippen molar-refractivity contribution in [2.75, 3.05) is 19.6 Å². The van der Waals surface area contributed by atoms with Crippen molar-refractivity contribution in [3.05, 3.63) is 51.5 Å². The maximum Gasteiger partial charge on any atom is 0.353 e. The molecule has 0 radical (unpaired) electrons. The molecule has 3 rings (SSSR count). The van der Waals surface area contributed by atoms with Crippen LogP contribution in [-0.4, -0.2) is 47.4 Å². The van der Waals surface area contributed by atoms with Gasteiger partial charge in [0.05, 0.1) is 5.92 Å². The molecule has 1 aliphatic heterocycles. The highest BCUT2D eigenvalue weighted by atomic mass is 32.1. The summed E-state index contributed by atoms with van der Waals surface area (Å²) in [6.07, 6.45) is 0.723. The molecule has 0 spiro atoms. The van der Waals surface area contributed by atoms with Crippen molar-refractivity contribution in [2.45, 2.75) is 20.3 Å². The number of carbonyl (C=O) groups excluding carboxylic acids is 1. The van der Waals surface area contributed by atoms with E-state index in [2.05, 4.69) is 18.7 Å². The Labute approximate surface area is 177 Å². The van der Waals surface area contributed by atoms with Crippen molar-refractivity contribution in [3.63, 3.8) is 0 Å². The summed E-state index contributed by atoms with van der Waals surface area (Å²) in [5, 5.41) is 16.3. The molecule has 1 saturated heterocycles. The number of benzene rings is 1. The molecule has 0 aliphatic carbocycles. The largest absolute Gasteiger partial charge is 0.481 e. The van der Waals surface area contributed by atoms with Crippen LogP contribution in [0.15, 0.2) is 30.3 Å². The second-order valence-electron chi connectivity index (χ2n) is 8.28. The maximum absolute atomic E-state index is 14.1. The van der Waals surface area contributed by atoms with Crippen LogP contribution >= 0.6 is 11.3 Å². The van der Waals surface area contributed by atoms with E-state index < -0.39 is 17.8 Å². The fourth-order valence-electron chi connectivity index (χ4n) is 3.47. The molecule has 1 aliphatic rings. The average molecular weight is 434 g/mol. The third kappa shape index (κ3) is 5.22. The quantitative estimate of drug-likeness (QED) is 0.255. The van der Waals surface area contributed by atoms with Crippen molar-refractivity contribution in [2.24, 2.45) is 17.1 Å². The van der Waals surface area contributed by atoms with Gasteiger partial charge < -0.3 is 20.5 Å². The van der Waals surface area contributed by atoms with Gasteiger partial charge in [-0.3, -0.25) is 10.2 Å². The number of halogens is 1. The second-order valence-corrected chi connectivity index (χ2v) is 9.45. The number of likely N-dealkylation sites (tertiary alicyclic amines) is 1. The molecule has 4 N–H and O–H groups in total. The van der Waals surface area contributed by atoms with Gasteiger partial charge in [0, 0.05) is 30.1 Å². The average Bonchev–Trinajstić information content (AvgIpc) is 3.06. The van der Waals surface area contributed by atoms with Gasteiger partial charge in [-0.2, -0.15) is 0 Å². The molecule has 1 aromatic heterocycles. The molecule has 0 unspecified atom stereocenters. The summed E-state index contributed by atoms with van der Waals surface area (Å²) in [4.78, 5) is 26.8. The van der Waals surface area contributed by atoms with E-state index in [1.54, 1.807) is 6.07 Å². The zero-order chi connectivity index (χ0) is 22.1. The van der Waals surface area contributed by atoms with E-state index in [1.807, 2.05) is 6.07 Å². The van der Waals surface area contributed by atoms with Gasteiger partial charge >= 0.3 is 11.9 Å². The summed E-state index contributed by atoms with van der Waals surface area (Å²) in [7, 11) is 0. The van der Waals surface area contributed by atoms with Gasteiger partial charge in [-0.15, -0.1) is 11.3 Å². The van der Waals surface area contributed by atoms with Crippen LogP contribution in [0.25, 0.3) is 0 Å². The number of hydrogen-bond donors (Lipinski definition) is 3. The van der Waals surface area contributed by atoms with E-state index in [0.29, 0.717) is 18.0 Å². The Bertz CT molecular complexity index is 982. The summed E-state index contributed by atoms with van der Waals surface area (Å²) >= 11 is 1.30. The van der Waals surface area contributed by atoms with E-state index in [0.717, 1.165) is 23.9 Å². The molecule has 7 nitrogen and oxygen atoms in total. The number of thiophene rings is 1. The summed E-state index contributed by atoms with van der Waals surface area (Å²) in [6, 6.07) is 7.26. The molecule has 2 aromatic rings. The van der Waals surface area contributed by atoms with Crippen LogP contribution in [0, 0.1) is 22.6 Å². The van der Waals surface area contributed by atoms with Gasteiger partial charge in [0.25, 0.3) is 0 Å². The molecule has 0 saturated carbocycles. The van der Waals surface area contributed by atoms with Crippen molar-refractivity contribution in [1.29, 1.82) is 5.41 Å². The van der Waals surface area contributed by atoms with Crippen LogP contribution in [0.1, 0.15) is 34.0 Å². The van der Waals surface area contributed by atoms with Gasteiger partial charge in [0.15, 0.2) is 11.6 Å². The van der Waals surface area contributed by atoms with Gasteiger partial charge in [-0.1, -0.05) is 13.8 Å². The van der Waals surface area contributed by atoms with E-state index >= 15 is 0 Å². The number of nitrogens with two attached hydrogens (primary N) is 1. The topological polar surface area (TPSA) is 117 Å². The minimum atomic E-state index is -0.761. The van der Waals surface area contributed by atoms with Crippen LogP contribution in [0.3, 0.4) is 0 Å². The Balaban J connectivity index is 1.58. The first-order valence-corrected chi connectivity index (χ1v) is 10.3. The zero-order valence-electron chi connectivity index (χ0n) is 16.8. The van der Waals surface area contributed by atoms with Gasteiger partial charge in [0.2, 0.25) is 0 Å². The molecule has 1 aromatic carbocycles. The SMILES string of the molecule is CC(C)(Cc1ccc(C(=O)Oc2ccc(C(=N)N)cc2F)s1)CN1CC(C(=O)O)C1. The number of esters is 1. The minimum absolute atomic E-state index is 0.0931. The highest BCUT2D eigenvalue weighted by Gasteiger charge is 2.35. The number of hydrogen-bond acceptors (Lipinski definition) is 6. The monoisotopic (exact) mass is 433 g/mol. The van der Waals surface area contributed by atoms with E-state index in [1.165, 1.54) is 23.5 Å². The number of carboxylic acids is 1. The molecule has 160 valence electrons. The zero-order valence-corrected chi connectivity index (χ0v) is 17.6. The van der Waals surface area contributed by atoms with E-state index in [4.69, 9.17) is 21.0 Å². The summed E-state index contributed by atoms with van der Waals surface area (Å²) < 4.78 is 19.2. The first-order chi connectivity index (χ1) is 14.0. The van der Waals surface area contributed by atoms with Crippen LogP contribution in [0.4, 0.5) is 4.39 Å². The van der Waals surface area contributed by atoms with Crippen molar-refractivity contribution < 1.29 is 23.8 Å². The fraction of sp³-hybridized carbons (Fsp3) is 0.381. The highest BCUT2D eigenvalue weighted by molar-refractivity contribution is 7.13. The second kappa shape index (κ2) is 8.53. The van der Waals surface area contributed by atoms with Crippen molar-refractivity contribution in [3.8, 4) is 5.75 Å². The molecule has 1 fully saturated rings. The Kier molecular flexibility index (Phi) is 6.23. The number of nitrogens with one attached hydrogen (secondary N) is 1. The van der Waals surface area contributed by atoms with Crippen LogP contribution in [0.5, 0.6) is 5.75 Å². The first-order valence-electron chi connectivity index (χ1n) is 9.44. The lowest BCUT2D eigenvalue weighted by Gasteiger charge is -2.41. The summed E-state index contributed by atoms with van der Waals surface area (Å²) in [6.45, 7) is 6.10. The normalized spacial score (nSPS) is 14.9. The molecule has 9 heteroatoms. The number of ether oxygens (including phenoxy) is 1. The molecule has 0 amide bonds. The lowest BCUT2D eigenvalue weighted by molar-refractivity contribution is -0.148. The smallest absolute Gasteiger partial charge is 0.353 e. The fourth-order valence-corrected chi connectivity index (χ4v) is 4.61. The number of rotatable bonds is 8. The first kappa shape index (κ1) is 21.9. The third-order valence-electron chi connectivity index (χ3n) is 4.92. The Morgan fingerprint density at radius 2 is 2.03 bits per heavy atom. The standard InChI is InChI=1S/C21H24FN3O4S/c1-21(2,11-25-9-13(10-25)19(26)27)8-14-4-6-17(30-14)20(28)29-16-5-3-12(18(23)24)7-15(16)22/h3-7,13H,8-11H2,1-2H3,(H3,23,24)(H,26,27). The van der Waals surface area contributed by atoms with Gasteiger partial charge in [-0.25, -0.2) is 9.18 Å². The summed E-state index contributed by atoms with van der Waals surface area (Å²) in [5.41, 5.74) is 5.44. The molecular weight excluding hydrogens is 409 g/mol. The molecule has 0 atom stereocenters. The molecule has 2 heterocycles. The maximum atomic E-state index is 14.1. The third-order valence-corrected chi connectivity index (χ3v) is 5.98. The van der Waals surface area contributed by atoms with Crippen molar-refractivity contribution in [1.82, 2.24) is 4.90 Å². The number of amidine groups is 1. The Morgan fingerprint density at radius 1 is 1.33 bits per heavy atom. The van der Waals surface area contributed by atoms with Crippen molar-refractivity contribution >= 4 is 29.1 Å². The number of aliphatic carboxylic acids is 1. The van der Waals surface area contributed by atoms with E-state index in [9.17, 15) is 14.0 Å². The molecular formula is C21H24FN3O4S. The van der Waals surface area contributed by atoms with Crippen LogP contribution < -0.4 is 10.5 Å². The molecule has 30 heavy (non-hydrogen) atoms. The van der Waals surface area contributed by atoms with E-state index in [-0.39, 0.29) is 28.5 Å². The minimum Gasteiger partial charge on any atom is -0.481 e. The summed E-state index contributed by atoms with van der Waals surface area (Å²) in [5.74, 6) is -2.93.